The van der Waals surface area contributed by atoms with Crippen LogP contribution in [0.2, 0.25) is 19.6 Å². The third kappa shape index (κ3) is 7.75. The Balaban J connectivity index is 1.03. The number of aryl methyl sites for hydroxylation is 2. The van der Waals surface area contributed by atoms with Crippen LogP contribution in [-0.2, 0) is 5.41 Å². The SMILES string of the molecule is Cc1ccc(C)c(C2(c3ccc([SiH-](C)(C)C)cc3)c3cc(N(c4ccc5ccccc5c4)c4cccc5c4oc4ccccc45)c4c(oc5ccccc54)c3-c3c2cc(N(c2ccc4ccccc4c2)c2cccc4c2oc2ccccc24)c2oc4ccccc4c32)c1. The third-order valence-electron chi connectivity index (χ3n) is 20.2. The van der Waals surface area contributed by atoms with E-state index in [9.17, 15) is 0 Å². The molecule has 0 aliphatic heterocycles. The summed E-state index contributed by atoms with van der Waals surface area (Å²) in [6, 6.07) is 99.9. The zero-order valence-electron chi connectivity index (χ0n) is 52.1. The van der Waals surface area contributed by atoms with Gasteiger partial charge in [-0.05, 0) is 22.9 Å². The fraction of sp³-hybridized carbons (Fsp3) is 0.0698. The molecule has 4 heterocycles. The molecule has 1 unspecified atom stereocenters. The van der Waals surface area contributed by atoms with Crippen LogP contribution in [-0.4, -0.2) is 8.07 Å². The van der Waals surface area contributed by atoms with Crippen molar-refractivity contribution in [1.82, 2.24) is 0 Å². The fourth-order valence-electron chi connectivity index (χ4n) is 15.8. The van der Waals surface area contributed by atoms with Gasteiger partial charge in [0.2, 0.25) is 0 Å². The van der Waals surface area contributed by atoms with Crippen LogP contribution in [0, 0.1) is 13.8 Å². The summed E-state index contributed by atoms with van der Waals surface area (Å²) in [6.07, 6.45) is 0. The summed E-state index contributed by atoms with van der Waals surface area (Å²) in [5.74, 6) is 0. The summed E-state index contributed by atoms with van der Waals surface area (Å²) < 4.78 is 29.7. The first-order valence-corrected chi connectivity index (χ1v) is 36.4. The van der Waals surface area contributed by atoms with Gasteiger partial charge in [-0.2, -0.15) is 0 Å². The quantitative estimate of drug-likeness (QED) is 0.134. The van der Waals surface area contributed by atoms with E-state index >= 15 is 0 Å². The summed E-state index contributed by atoms with van der Waals surface area (Å²) in [5, 5.41) is 14.2. The summed E-state index contributed by atoms with van der Waals surface area (Å²) in [6.45, 7) is 11.9. The second kappa shape index (κ2) is 19.8. The van der Waals surface area contributed by atoms with E-state index in [2.05, 4.69) is 316 Å². The van der Waals surface area contributed by atoms with E-state index in [1.54, 1.807) is 0 Å². The molecule has 14 aromatic carbocycles. The Labute approximate surface area is 537 Å². The van der Waals surface area contributed by atoms with E-state index in [1.807, 2.05) is 0 Å². The molecule has 0 saturated carbocycles. The van der Waals surface area contributed by atoms with Gasteiger partial charge in [-0.25, -0.2) is 0 Å². The molecule has 19 rings (SSSR count). The maximum atomic E-state index is 7.78. The van der Waals surface area contributed by atoms with Crippen LogP contribution < -0.4 is 15.0 Å². The number of fused-ring (bicyclic) bond motifs is 19. The molecule has 1 aliphatic carbocycles. The third-order valence-corrected chi connectivity index (χ3v) is 22.6. The monoisotopic (exact) mass is 1210 g/mol. The van der Waals surface area contributed by atoms with Crippen LogP contribution in [0.25, 0.3) is 120 Å². The molecule has 0 fully saturated rings. The molecule has 0 radical (unpaired) electrons. The van der Waals surface area contributed by atoms with Crippen LogP contribution >= 0.6 is 0 Å². The zero-order chi connectivity index (χ0) is 62.0. The molecule has 0 N–H and O–H groups in total. The Hall–Kier alpha value is -11.4. The van der Waals surface area contributed by atoms with Crippen molar-refractivity contribution >= 4 is 157 Å². The molecule has 1 aliphatic rings. The molecule has 7 heteroatoms. The van der Waals surface area contributed by atoms with Crippen LogP contribution in [0.4, 0.5) is 34.1 Å². The molecule has 0 bridgehead atoms. The van der Waals surface area contributed by atoms with Gasteiger partial charge in [0.05, 0.1) is 0 Å². The van der Waals surface area contributed by atoms with Crippen molar-refractivity contribution in [1.29, 1.82) is 0 Å². The van der Waals surface area contributed by atoms with Crippen LogP contribution in [0.1, 0.15) is 33.4 Å². The molecular weight excluding hydrogens is 1150 g/mol. The van der Waals surface area contributed by atoms with Crippen LogP contribution in [0.3, 0.4) is 0 Å². The summed E-state index contributed by atoms with van der Waals surface area (Å²) in [4.78, 5) is 4.86. The first-order valence-electron chi connectivity index (χ1n) is 32.4. The van der Waals surface area contributed by atoms with Gasteiger partial charge in [0, 0.05) is 10.8 Å². The average molecular weight is 1210 g/mol. The van der Waals surface area contributed by atoms with Crippen molar-refractivity contribution in [2.45, 2.75) is 38.9 Å². The minimum absolute atomic E-state index is 0.747. The van der Waals surface area contributed by atoms with Gasteiger partial charge in [-0.15, -0.1) is 0 Å². The number of nitrogens with zero attached hydrogens (tertiary/aromatic N) is 2. The summed E-state index contributed by atoms with van der Waals surface area (Å²) in [5.41, 5.74) is 19.9. The van der Waals surface area contributed by atoms with Gasteiger partial charge in [0.25, 0.3) is 0 Å². The van der Waals surface area contributed by atoms with Crippen LogP contribution in [0.5, 0.6) is 0 Å². The Morgan fingerprint density at radius 2 is 0.763 bits per heavy atom. The Kier molecular flexibility index (Phi) is 11.4. The second-order valence-corrected chi connectivity index (χ2v) is 32.6. The van der Waals surface area contributed by atoms with Crippen molar-refractivity contribution in [3.63, 3.8) is 0 Å². The Morgan fingerprint density at radius 1 is 0.312 bits per heavy atom. The number of benzene rings is 14. The van der Waals surface area contributed by atoms with Gasteiger partial charge >= 0.3 is 399 Å². The minimum atomic E-state index is -2.18. The zero-order valence-corrected chi connectivity index (χ0v) is 53.2. The molecular formula is C86H61N2O4Si-. The summed E-state index contributed by atoms with van der Waals surface area (Å²) >= 11 is 0. The van der Waals surface area contributed by atoms with Gasteiger partial charge in [0.15, 0.2) is 0 Å². The Morgan fingerprint density at radius 3 is 1.33 bits per heavy atom. The van der Waals surface area contributed by atoms with E-state index in [0.29, 0.717) is 0 Å². The summed E-state index contributed by atoms with van der Waals surface area (Å²) in [7, 11) is -2.18. The number of furan rings is 4. The molecule has 18 aromatic rings. The number of hydrogen-bond acceptors (Lipinski definition) is 6. The molecule has 93 heavy (non-hydrogen) atoms. The normalized spacial score (nSPS) is 14.3. The molecule has 1 atom stereocenters. The van der Waals surface area contributed by atoms with Crippen molar-refractivity contribution in [3.05, 3.63) is 306 Å². The maximum absolute atomic E-state index is 7.78. The molecule has 6 nitrogen and oxygen atoms in total. The van der Waals surface area contributed by atoms with Crippen LogP contribution in [0.15, 0.2) is 291 Å². The first-order chi connectivity index (χ1) is 45.6. The topological polar surface area (TPSA) is 59.0 Å². The predicted molar refractivity (Wildman–Crippen MR) is 391 cm³/mol. The van der Waals surface area contributed by atoms with Gasteiger partial charge in [-0.3, -0.25) is 0 Å². The second-order valence-electron chi connectivity index (χ2n) is 26.8. The molecule has 0 saturated heterocycles. The Bertz CT molecular complexity index is 6170. The van der Waals surface area contributed by atoms with Gasteiger partial charge < -0.3 is 0 Å². The van der Waals surface area contributed by atoms with Crippen molar-refractivity contribution in [2.24, 2.45) is 0 Å². The fourth-order valence-corrected chi connectivity index (χ4v) is 17.2. The standard InChI is InChI=1S/C86H61N2O4Si/c1-51-36-37-52(2)67(46-51)86(57-40-44-60(45-41-57)93(3,4)5)68-50-73(88(59-43-39-54-21-7-9-23-56(54)48-59)71-31-19-29-64-62-25-11-15-33-75(62)90-83(64)71)84-79(66-27-13-17-35-77(66)91-84)80(68)81-69(86)49-72(78-65-26-12-16-34-76(65)92-85(78)81)87(58-42-38-53-20-6-8-22-55(53)47-58)70-30-18-28-63-61-24-10-14-32-74(61)89-82(63)70/h6-50,93H,1-5H3/q-1. The number of para-hydroxylation sites is 6. The molecule has 0 spiro atoms. The van der Waals surface area contributed by atoms with Crippen molar-refractivity contribution < 1.29 is 17.7 Å². The van der Waals surface area contributed by atoms with E-state index in [4.69, 9.17) is 17.7 Å². The molecule has 0 amide bonds. The molecule has 4 aromatic heterocycles. The predicted octanol–water partition coefficient (Wildman–Crippen LogP) is 23.8. The average Bonchev–Trinajstić information content (AvgIpc) is 1.50. The van der Waals surface area contributed by atoms with E-state index in [0.717, 1.165) is 182 Å². The van der Waals surface area contributed by atoms with Gasteiger partial charge in [-0.1, -0.05) is 97.1 Å². The van der Waals surface area contributed by atoms with E-state index in [1.165, 1.54) is 10.8 Å². The first kappa shape index (κ1) is 53.5. The number of rotatable bonds is 9. The number of hydrogen-bond donors (Lipinski definition) is 0. The van der Waals surface area contributed by atoms with E-state index < -0.39 is 13.5 Å². The van der Waals surface area contributed by atoms with Crippen molar-refractivity contribution in [3.8, 4) is 11.1 Å². The van der Waals surface area contributed by atoms with Gasteiger partial charge in [0.1, 0.15) is 11.2 Å². The molecule has 444 valence electrons. The number of anilines is 6. The van der Waals surface area contributed by atoms with E-state index in [-0.39, 0.29) is 0 Å². The van der Waals surface area contributed by atoms with Crippen molar-refractivity contribution in [2.75, 3.05) is 9.80 Å².